The van der Waals surface area contributed by atoms with Gasteiger partial charge in [-0.1, -0.05) is 0 Å². The molecule has 0 radical (unpaired) electrons. The molecule has 0 heterocycles. The normalized spacial score (nSPS) is 8.69. The van der Waals surface area contributed by atoms with Gasteiger partial charge >= 0.3 is 71.1 Å². The van der Waals surface area contributed by atoms with E-state index in [9.17, 15) is 29.4 Å². The van der Waals surface area contributed by atoms with Gasteiger partial charge in [0.05, 0.1) is 38.2 Å². The molecule has 0 amide bonds. The molecule has 12 nitrogen and oxygen atoms in total. The van der Waals surface area contributed by atoms with Crippen LogP contribution < -0.4 is 80.0 Å². The Hall–Kier alpha value is -0.280. The van der Waals surface area contributed by atoms with Crippen molar-refractivity contribution in [3.05, 3.63) is 0 Å². The molecule has 0 aliphatic rings. The van der Waals surface area contributed by atoms with Crippen LogP contribution in [0.3, 0.4) is 0 Å². The molecule has 0 atom stereocenters. The number of hydrogen-bond acceptors (Lipinski definition) is 12. The summed E-state index contributed by atoms with van der Waals surface area (Å²) in [6.45, 7) is -1.83. The molecule has 0 spiro atoms. The van der Waals surface area contributed by atoms with Crippen LogP contribution in [0, 0.1) is 0 Å². The third-order valence-electron chi connectivity index (χ3n) is 1.79. The maximum absolute atomic E-state index is 10.6. The number of carboxylic acids is 2. The maximum Gasteiger partial charge on any atom is 1.00 e. The van der Waals surface area contributed by atoms with E-state index < -0.39 is 37.0 Å². The van der Waals surface area contributed by atoms with Gasteiger partial charge in [0.1, 0.15) is 13.2 Å². The van der Waals surface area contributed by atoms with Crippen molar-refractivity contribution < 1.29 is 108 Å². The SMILES string of the molecule is O=C([O-])CNCC(=O)OCCO.O=C([O-])CNCC(=O)OCCO.[Na+].[Na+]. The molecule has 0 aromatic heterocycles. The fraction of sp³-hybridized carbons (Fsp3) is 0.667. The fourth-order valence-corrected chi connectivity index (χ4v) is 0.954. The van der Waals surface area contributed by atoms with E-state index in [0.717, 1.165) is 0 Å². The minimum Gasteiger partial charge on any atom is -0.549 e. The molecule has 0 saturated carbocycles. The smallest absolute Gasteiger partial charge is 0.549 e. The first-order valence-corrected chi connectivity index (χ1v) is 6.67. The largest absolute Gasteiger partial charge is 1.00 e. The van der Waals surface area contributed by atoms with Crippen molar-refractivity contribution in [1.29, 1.82) is 0 Å². The van der Waals surface area contributed by atoms with Gasteiger partial charge in [0, 0.05) is 13.1 Å². The van der Waals surface area contributed by atoms with Gasteiger partial charge in [0.15, 0.2) is 0 Å². The van der Waals surface area contributed by atoms with Crippen molar-refractivity contribution in [3.63, 3.8) is 0 Å². The zero-order chi connectivity index (χ0) is 18.8. The van der Waals surface area contributed by atoms with Crippen molar-refractivity contribution >= 4 is 23.9 Å². The van der Waals surface area contributed by atoms with E-state index >= 15 is 0 Å². The third kappa shape index (κ3) is 31.5. The predicted molar refractivity (Wildman–Crippen MR) is 71.8 cm³/mol. The summed E-state index contributed by atoms with van der Waals surface area (Å²) in [6, 6.07) is 0. The minimum absolute atomic E-state index is 0. The Morgan fingerprint density at radius 2 is 1.00 bits per heavy atom. The Morgan fingerprint density at radius 3 is 1.23 bits per heavy atom. The van der Waals surface area contributed by atoms with Gasteiger partial charge < -0.3 is 50.1 Å². The number of carboxylic acid groups (broad SMARTS) is 2. The molecule has 0 bridgehead atoms. The number of aliphatic hydroxyl groups excluding tert-OH is 2. The summed E-state index contributed by atoms with van der Waals surface area (Å²) in [5.41, 5.74) is 0. The van der Waals surface area contributed by atoms with Crippen molar-refractivity contribution in [3.8, 4) is 0 Å². The summed E-state index contributed by atoms with van der Waals surface area (Å²) in [5, 5.41) is 40.7. The number of aliphatic hydroxyl groups is 2. The van der Waals surface area contributed by atoms with Crippen LogP contribution in [0.1, 0.15) is 0 Å². The first-order chi connectivity index (χ1) is 11.3. The Morgan fingerprint density at radius 1 is 0.692 bits per heavy atom. The Kier molecular flexibility index (Phi) is 31.7. The summed E-state index contributed by atoms with van der Waals surface area (Å²) in [7, 11) is 0. The van der Waals surface area contributed by atoms with Gasteiger partial charge in [-0.2, -0.15) is 0 Å². The molecule has 0 rings (SSSR count). The van der Waals surface area contributed by atoms with Crippen LogP contribution in [-0.4, -0.2) is 86.7 Å². The molecule has 0 unspecified atom stereocenters. The average molecular weight is 398 g/mol. The van der Waals surface area contributed by atoms with E-state index in [2.05, 4.69) is 20.1 Å². The van der Waals surface area contributed by atoms with E-state index in [0.29, 0.717) is 0 Å². The van der Waals surface area contributed by atoms with Gasteiger partial charge in [-0.25, -0.2) is 0 Å². The number of esters is 2. The number of hydrogen-bond donors (Lipinski definition) is 4. The van der Waals surface area contributed by atoms with Gasteiger partial charge in [-0.15, -0.1) is 0 Å². The van der Waals surface area contributed by atoms with Crippen LogP contribution in [0.5, 0.6) is 0 Å². The average Bonchev–Trinajstić information content (AvgIpc) is 2.50. The molecule has 26 heavy (non-hydrogen) atoms. The Balaban J connectivity index is -0.000000173. The second-order valence-corrected chi connectivity index (χ2v) is 3.84. The van der Waals surface area contributed by atoms with Crippen LogP contribution in [0.4, 0.5) is 0 Å². The topological polar surface area (TPSA) is 197 Å². The number of rotatable bonds is 12. The van der Waals surface area contributed by atoms with E-state index in [4.69, 9.17) is 10.2 Å². The van der Waals surface area contributed by atoms with E-state index in [1.165, 1.54) is 0 Å². The molecular weight excluding hydrogens is 378 g/mol. The van der Waals surface area contributed by atoms with Gasteiger partial charge in [-0.3, -0.25) is 9.59 Å². The number of aliphatic carboxylic acids is 2. The number of ether oxygens (including phenoxy) is 2. The van der Waals surface area contributed by atoms with Crippen molar-refractivity contribution in [2.75, 3.05) is 52.6 Å². The molecule has 0 fully saturated rings. The molecule has 0 aromatic carbocycles. The molecule has 140 valence electrons. The van der Waals surface area contributed by atoms with Gasteiger partial charge in [0.2, 0.25) is 0 Å². The van der Waals surface area contributed by atoms with Crippen LogP contribution in [0.25, 0.3) is 0 Å². The van der Waals surface area contributed by atoms with E-state index in [-0.39, 0.29) is 98.6 Å². The third-order valence-corrected chi connectivity index (χ3v) is 1.79. The van der Waals surface area contributed by atoms with E-state index in [1.807, 2.05) is 0 Å². The summed E-state index contributed by atoms with van der Waals surface area (Å²) in [5.74, 6) is -3.79. The van der Waals surface area contributed by atoms with E-state index in [1.54, 1.807) is 0 Å². The summed E-state index contributed by atoms with van der Waals surface area (Å²) in [6.07, 6.45) is 0. The first-order valence-electron chi connectivity index (χ1n) is 6.67. The second-order valence-electron chi connectivity index (χ2n) is 3.84. The summed E-state index contributed by atoms with van der Waals surface area (Å²) >= 11 is 0. The zero-order valence-corrected chi connectivity index (χ0v) is 18.8. The second kappa shape index (κ2) is 24.7. The Labute approximate surface area is 194 Å². The number of carbonyl (C=O) groups is 4. The molecule has 0 saturated heterocycles. The van der Waals surface area contributed by atoms with Gasteiger partial charge in [0.25, 0.3) is 0 Å². The summed E-state index contributed by atoms with van der Waals surface area (Å²) < 4.78 is 8.82. The van der Waals surface area contributed by atoms with Crippen LogP contribution in [-0.2, 0) is 28.7 Å². The molecular formula is C12H20N2Na2O10. The van der Waals surface area contributed by atoms with Gasteiger partial charge in [-0.05, 0) is 0 Å². The first kappa shape index (κ1) is 33.3. The number of carbonyl (C=O) groups excluding carboxylic acids is 4. The molecule has 0 aliphatic heterocycles. The quantitative estimate of drug-likeness (QED) is 0.179. The van der Waals surface area contributed by atoms with Crippen molar-refractivity contribution in [2.45, 2.75) is 0 Å². The fourth-order valence-electron chi connectivity index (χ4n) is 0.954. The predicted octanol–water partition coefficient (Wildman–Crippen LogP) is -12.3. The van der Waals surface area contributed by atoms with Crippen LogP contribution in [0.2, 0.25) is 0 Å². The minimum atomic E-state index is -1.29. The zero-order valence-electron chi connectivity index (χ0n) is 14.8. The molecule has 4 N–H and O–H groups in total. The van der Waals surface area contributed by atoms with Crippen LogP contribution >= 0.6 is 0 Å². The van der Waals surface area contributed by atoms with Crippen molar-refractivity contribution in [1.82, 2.24) is 10.6 Å². The number of nitrogens with one attached hydrogen (secondary N) is 2. The molecule has 0 aromatic rings. The maximum atomic E-state index is 10.6. The molecule has 0 aliphatic carbocycles. The standard InChI is InChI=1S/2C6H11NO5.2Na/c2*8-1-2-12-6(11)4-7-3-5(9)10;;/h2*7-8H,1-4H2,(H,9,10);;/q;;2*+1/p-2. The van der Waals surface area contributed by atoms with Crippen molar-refractivity contribution in [2.24, 2.45) is 0 Å². The molecule has 14 heteroatoms. The summed E-state index contributed by atoms with van der Waals surface area (Å²) in [4.78, 5) is 40.8. The monoisotopic (exact) mass is 398 g/mol. The Bertz CT molecular complexity index is 362. The van der Waals surface area contributed by atoms with Crippen LogP contribution in [0.15, 0.2) is 0 Å².